The highest BCUT2D eigenvalue weighted by Gasteiger charge is 2.36. The van der Waals surface area contributed by atoms with Crippen molar-refractivity contribution >= 4 is 16.7 Å². The van der Waals surface area contributed by atoms with Crippen LogP contribution in [0.2, 0.25) is 0 Å². The number of morpholine rings is 1. The smallest absolute Gasteiger partial charge is 0.149 e. The molecule has 5 heteroatoms. The Morgan fingerprint density at radius 1 is 1.21 bits per heavy atom. The second-order valence-corrected chi connectivity index (χ2v) is 6.84. The van der Waals surface area contributed by atoms with Crippen LogP contribution in [-0.2, 0) is 9.53 Å². The third-order valence-electron chi connectivity index (χ3n) is 5.23. The van der Waals surface area contributed by atoms with E-state index in [4.69, 9.17) is 4.74 Å². The maximum Gasteiger partial charge on any atom is 0.149 e. The highest BCUT2D eigenvalue weighted by Crippen LogP contribution is 2.33. The molecule has 24 heavy (non-hydrogen) atoms. The van der Waals surface area contributed by atoms with Gasteiger partial charge in [-0.1, -0.05) is 18.1 Å². The third kappa shape index (κ3) is 2.82. The van der Waals surface area contributed by atoms with Crippen LogP contribution < -0.4 is 0 Å². The van der Waals surface area contributed by atoms with E-state index in [0.29, 0.717) is 25.4 Å². The van der Waals surface area contributed by atoms with E-state index in [2.05, 4.69) is 33.9 Å². The van der Waals surface area contributed by atoms with Crippen molar-refractivity contribution in [1.82, 2.24) is 14.9 Å². The van der Waals surface area contributed by atoms with Crippen LogP contribution in [0.15, 0.2) is 24.5 Å². The molecule has 0 spiro atoms. The minimum atomic E-state index is 0.0162. The third-order valence-corrected chi connectivity index (χ3v) is 5.23. The maximum absolute atomic E-state index is 12.5. The zero-order valence-corrected chi connectivity index (χ0v) is 14.1. The first-order valence-electron chi connectivity index (χ1n) is 8.81. The summed E-state index contributed by atoms with van der Waals surface area (Å²) in [5, 5.41) is 1.07. The second kappa shape index (κ2) is 6.57. The molecular weight excluding hydrogens is 302 g/mol. The van der Waals surface area contributed by atoms with Crippen LogP contribution in [0.3, 0.4) is 0 Å². The number of rotatable bonds is 2. The van der Waals surface area contributed by atoms with Crippen LogP contribution in [0.1, 0.15) is 43.0 Å². The lowest BCUT2D eigenvalue weighted by molar-refractivity contribution is -0.131. The fourth-order valence-corrected chi connectivity index (χ4v) is 4.00. The Balaban J connectivity index is 1.75. The Hall–Kier alpha value is -1.85. The van der Waals surface area contributed by atoms with Gasteiger partial charge in [0.25, 0.3) is 0 Å². The highest BCUT2D eigenvalue weighted by atomic mass is 16.5. The molecule has 2 fully saturated rings. The van der Waals surface area contributed by atoms with Crippen LogP contribution in [0.5, 0.6) is 0 Å². The lowest BCUT2D eigenvalue weighted by Gasteiger charge is -2.41. The van der Waals surface area contributed by atoms with Gasteiger partial charge in [-0.25, -0.2) is 9.97 Å². The largest absolute Gasteiger partial charge is 0.378 e. The minimum absolute atomic E-state index is 0.0162. The van der Waals surface area contributed by atoms with Crippen molar-refractivity contribution in [3.05, 3.63) is 35.8 Å². The molecule has 0 radical (unpaired) electrons. The van der Waals surface area contributed by atoms with Gasteiger partial charge in [0.1, 0.15) is 12.1 Å². The van der Waals surface area contributed by atoms with Gasteiger partial charge < -0.3 is 4.74 Å². The maximum atomic E-state index is 12.5. The van der Waals surface area contributed by atoms with Crippen LogP contribution in [0.25, 0.3) is 10.9 Å². The lowest BCUT2D eigenvalue weighted by atomic mass is 9.90. The molecule has 5 nitrogen and oxygen atoms in total. The van der Waals surface area contributed by atoms with Crippen molar-refractivity contribution in [3.8, 4) is 0 Å². The zero-order valence-electron chi connectivity index (χ0n) is 14.1. The van der Waals surface area contributed by atoms with E-state index in [1.54, 1.807) is 6.33 Å². The van der Waals surface area contributed by atoms with Crippen molar-refractivity contribution in [1.29, 1.82) is 0 Å². The quantitative estimate of drug-likeness (QED) is 0.850. The summed E-state index contributed by atoms with van der Waals surface area (Å²) in [7, 11) is 0. The molecule has 1 aliphatic carbocycles. The average molecular weight is 325 g/mol. The van der Waals surface area contributed by atoms with E-state index < -0.39 is 0 Å². The summed E-state index contributed by atoms with van der Waals surface area (Å²) in [6.45, 7) is 4.14. The molecule has 2 aromatic rings. The predicted octanol–water partition coefficient (Wildman–Crippen LogP) is 2.82. The number of carbonyl (C=O) groups excluding carboxylic acids is 1. The number of aromatic nitrogens is 2. The Morgan fingerprint density at radius 2 is 2.12 bits per heavy atom. The monoisotopic (exact) mass is 325 g/mol. The van der Waals surface area contributed by atoms with E-state index in [1.165, 1.54) is 5.56 Å². The van der Waals surface area contributed by atoms with Gasteiger partial charge in [-0.15, -0.1) is 0 Å². The molecule has 2 heterocycles. The van der Waals surface area contributed by atoms with Gasteiger partial charge in [-0.2, -0.15) is 0 Å². The lowest BCUT2D eigenvalue weighted by Crippen LogP contribution is -2.50. The number of nitrogens with zero attached hydrogens (tertiary/aromatic N) is 3. The van der Waals surface area contributed by atoms with E-state index in [0.717, 1.165) is 42.4 Å². The molecular formula is C19H23N3O2. The number of benzene rings is 1. The van der Waals surface area contributed by atoms with Crippen LogP contribution >= 0.6 is 0 Å². The summed E-state index contributed by atoms with van der Waals surface area (Å²) in [4.78, 5) is 23.8. The summed E-state index contributed by atoms with van der Waals surface area (Å²) >= 11 is 0. The predicted molar refractivity (Wildman–Crippen MR) is 91.8 cm³/mol. The molecule has 1 saturated carbocycles. The van der Waals surface area contributed by atoms with Crippen molar-refractivity contribution < 1.29 is 9.53 Å². The molecule has 1 aliphatic heterocycles. The van der Waals surface area contributed by atoms with Crippen LogP contribution in [0.4, 0.5) is 0 Å². The Morgan fingerprint density at radius 3 is 3.00 bits per heavy atom. The Bertz CT molecular complexity index is 761. The molecule has 1 aromatic carbocycles. The summed E-state index contributed by atoms with van der Waals surface area (Å²) in [5.41, 5.74) is 3.13. The normalized spacial score (nSPS) is 26.0. The van der Waals surface area contributed by atoms with Crippen LogP contribution in [0, 0.1) is 6.92 Å². The number of ketones is 1. The summed E-state index contributed by atoms with van der Waals surface area (Å²) in [6.07, 6.45) is 5.45. The van der Waals surface area contributed by atoms with Gasteiger partial charge in [-0.05, 0) is 31.9 Å². The highest BCUT2D eigenvalue weighted by molar-refractivity contribution is 5.85. The van der Waals surface area contributed by atoms with Gasteiger partial charge in [0.15, 0.2) is 0 Å². The first-order valence-corrected chi connectivity index (χ1v) is 8.81. The number of carbonyl (C=O) groups is 1. The summed E-state index contributed by atoms with van der Waals surface area (Å²) in [6, 6.07) is 6.29. The van der Waals surface area contributed by atoms with Crippen molar-refractivity contribution in [2.75, 3.05) is 19.8 Å². The van der Waals surface area contributed by atoms with Crippen LogP contribution in [-0.4, -0.2) is 46.5 Å². The fourth-order valence-electron chi connectivity index (χ4n) is 4.00. The number of aryl methyl sites for hydroxylation is 1. The first kappa shape index (κ1) is 15.7. The molecule has 4 rings (SSSR count). The second-order valence-electron chi connectivity index (χ2n) is 6.84. The number of hydrogen-bond donors (Lipinski definition) is 0. The molecule has 2 atom stereocenters. The molecule has 126 valence electrons. The van der Waals surface area contributed by atoms with Gasteiger partial charge in [0, 0.05) is 18.4 Å². The summed E-state index contributed by atoms with van der Waals surface area (Å²) < 4.78 is 5.76. The SMILES string of the molecule is Cc1ccc2ncnc(C3COCCN3C3CCCCC3=O)c2c1. The number of ether oxygens (including phenoxy) is 1. The molecule has 0 N–H and O–H groups in total. The first-order chi connectivity index (χ1) is 11.7. The van der Waals surface area contributed by atoms with E-state index in [-0.39, 0.29) is 12.1 Å². The molecule has 2 aliphatic rings. The average Bonchev–Trinajstić information content (AvgIpc) is 2.62. The Labute approximate surface area is 142 Å². The van der Waals surface area contributed by atoms with E-state index in [9.17, 15) is 4.79 Å². The van der Waals surface area contributed by atoms with Gasteiger partial charge in [-0.3, -0.25) is 9.69 Å². The number of Topliss-reactive ketones (excluding diaryl/α,β-unsaturated/α-hetero) is 1. The van der Waals surface area contributed by atoms with E-state index in [1.807, 2.05) is 6.07 Å². The minimum Gasteiger partial charge on any atom is -0.378 e. The van der Waals surface area contributed by atoms with Crippen molar-refractivity contribution in [3.63, 3.8) is 0 Å². The molecule has 1 aromatic heterocycles. The van der Waals surface area contributed by atoms with E-state index >= 15 is 0 Å². The number of hydrogen-bond acceptors (Lipinski definition) is 5. The molecule has 1 saturated heterocycles. The summed E-state index contributed by atoms with van der Waals surface area (Å²) in [5.74, 6) is 0.377. The standard InChI is InChI=1S/C19H23N3O2/c1-13-6-7-15-14(10-13)19(21-12-20-15)17-11-24-9-8-22(17)16-4-2-3-5-18(16)23/h6-7,10,12,16-17H,2-5,8-9,11H2,1H3. The molecule has 2 unspecified atom stereocenters. The number of fused-ring (bicyclic) bond motifs is 1. The Kier molecular flexibility index (Phi) is 4.29. The van der Waals surface area contributed by atoms with Gasteiger partial charge in [0.2, 0.25) is 0 Å². The molecule has 0 amide bonds. The van der Waals surface area contributed by atoms with Gasteiger partial charge >= 0.3 is 0 Å². The van der Waals surface area contributed by atoms with Crippen molar-refractivity contribution in [2.45, 2.75) is 44.7 Å². The topological polar surface area (TPSA) is 55.3 Å². The fraction of sp³-hybridized carbons (Fsp3) is 0.526. The zero-order chi connectivity index (χ0) is 16.5. The molecule has 0 bridgehead atoms. The van der Waals surface area contributed by atoms with Gasteiger partial charge in [0.05, 0.1) is 36.5 Å². The van der Waals surface area contributed by atoms with Crippen molar-refractivity contribution in [2.24, 2.45) is 0 Å².